The fraction of sp³-hybridized carbons (Fsp3) is 0.400. The first-order valence-electron chi connectivity index (χ1n) is 11.0. The molecule has 0 radical (unpaired) electrons. The maximum absolute atomic E-state index is 12.6. The topological polar surface area (TPSA) is 105 Å². The van der Waals surface area contributed by atoms with Gasteiger partial charge in [0, 0.05) is 19.0 Å². The van der Waals surface area contributed by atoms with Crippen LogP contribution in [0.25, 0.3) is 11.1 Å². The molecule has 2 amide bonds. The molecule has 0 bridgehead atoms. The first kappa shape index (κ1) is 22.6. The number of aliphatic carboxylic acids is 1. The third kappa shape index (κ3) is 4.79. The van der Waals surface area contributed by atoms with Gasteiger partial charge in [-0.3, -0.25) is 4.79 Å². The Balaban J connectivity index is 1.40. The number of ether oxygens (including phenoxy) is 2. The standard InChI is InChI=1S/C25H28N2O6/c1-25(2,3)33-24(31)27-12-19(22(28)29)21(13-27)26-23(30)32-14-20-17-10-6-4-8-15(17)16-9-5-7-11-18(16)20/h4-11,19-21H,12-14H2,1-3H3,(H,26,30)(H,28,29)/t19-,21+/m0/s1. The van der Waals surface area contributed by atoms with Crippen molar-refractivity contribution in [3.8, 4) is 11.1 Å². The molecule has 1 fully saturated rings. The van der Waals surface area contributed by atoms with E-state index in [-0.39, 0.29) is 25.6 Å². The summed E-state index contributed by atoms with van der Waals surface area (Å²) in [6.07, 6.45) is -1.32. The van der Waals surface area contributed by atoms with Gasteiger partial charge in [0.1, 0.15) is 12.2 Å². The van der Waals surface area contributed by atoms with Gasteiger partial charge in [-0.25, -0.2) is 9.59 Å². The zero-order valence-corrected chi connectivity index (χ0v) is 18.9. The number of nitrogens with one attached hydrogen (secondary N) is 1. The van der Waals surface area contributed by atoms with Gasteiger partial charge in [-0.2, -0.15) is 0 Å². The third-order valence-corrected chi connectivity index (χ3v) is 5.94. The number of rotatable bonds is 4. The van der Waals surface area contributed by atoms with E-state index < -0.39 is 35.7 Å². The number of hydrogen-bond donors (Lipinski definition) is 2. The van der Waals surface area contributed by atoms with E-state index in [0.717, 1.165) is 22.3 Å². The van der Waals surface area contributed by atoms with Gasteiger partial charge in [-0.15, -0.1) is 0 Å². The van der Waals surface area contributed by atoms with Crippen molar-refractivity contribution in [2.24, 2.45) is 5.92 Å². The fourth-order valence-corrected chi connectivity index (χ4v) is 4.47. The highest BCUT2D eigenvalue weighted by molar-refractivity contribution is 5.79. The Hall–Kier alpha value is -3.55. The molecule has 0 saturated carbocycles. The number of benzene rings is 2. The summed E-state index contributed by atoms with van der Waals surface area (Å²) in [5.74, 6) is -2.14. The Bertz CT molecular complexity index is 1030. The Morgan fingerprint density at radius 3 is 2.12 bits per heavy atom. The lowest BCUT2D eigenvalue weighted by atomic mass is 9.98. The second-order valence-electron chi connectivity index (χ2n) is 9.41. The molecule has 2 aliphatic rings. The zero-order valence-electron chi connectivity index (χ0n) is 18.9. The van der Waals surface area contributed by atoms with Crippen LogP contribution in [-0.4, -0.2) is 59.5 Å². The van der Waals surface area contributed by atoms with E-state index in [1.807, 2.05) is 36.4 Å². The van der Waals surface area contributed by atoms with Gasteiger partial charge in [0.05, 0.1) is 12.0 Å². The predicted molar refractivity (Wildman–Crippen MR) is 121 cm³/mol. The minimum absolute atomic E-state index is 0.0378. The van der Waals surface area contributed by atoms with Gasteiger partial charge in [0.25, 0.3) is 0 Å². The van der Waals surface area contributed by atoms with Crippen molar-refractivity contribution in [1.82, 2.24) is 10.2 Å². The summed E-state index contributed by atoms with van der Waals surface area (Å²) in [7, 11) is 0. The van der Waals surface area contributed by atoms with E-state index >= 15 is 0 Å². The normalized spacial score (nSPS) is 19.5. The molecule has 2 N–H and O–H groups in total. The number of amides is 2. The molecular weight excluding hydrogens is 424 g/mol. The van der Waals surface area contributed by atoms with E-state index in [1.54, 1.807) is 20.8 Å². The van der Waals surface area contributed by atoms with E-state index in [4.69, 9.17) is 9.47 Å². The number of nitrogens with zero attached hydrogens (tertiary/aromatic N) is 1. The molecule has 8 heteroatoms. The van der Waals surface area contributed by atoms with Crippen molar-refractivity contribution in [3.63, 3.8) is 0 Å². The summed E-state index contributed by atoms with van der Waals surface area (Å²) in [6, 6.07) is 15.3. The summed E-state index contributed by atoms with van der Waals surface area (Å²) in [5.41, 5.74) is 3.72. The molecule has 0 unspecified atom stereocenters. The van der Waals surface area contributed by atoms with Crippen molar-refractivity contribution < 1.29 is 29.0 Å². The molecule has 8 nitrogen and oxygen atoms in total. The van der Waals surface area contributed by atoms with E-state index in [2.05, 4.69) is 17.4 Å². The number of carbonyl (C=O) groups excluding carboxylic acids is 2. The van der Waals surface area contributed by atoms with Gasteiger partial charge < -0.3 is 24.8 Å². The summed E-state index contributed by atoms with van der Waals surface area (Å²) >= 11 is 0. The minimum Gasteiger partial charge on any atom is -0.481 e. The summed E-state index contributed by atoms with van der Waals surface area (Å²) in [6.45, 7) is 5.33. The van der Waals surface area contributed by atoms with Crippen molar-refractivity contribution in [2.45, 2.75) is 38.3 Å². The average Bonchev–Trinajstić information content (AvgIpc) is 3.31. The molecule has 174 valence electrons. The van der Waals surface area contributed by atoms with Crippen LogP contribution in [0.15, 0.2) is 48.5 Å². The number of hydrogen-bond acceptors (Lipinski definition) is 5. The van der Waals surface area contributed by atoms with E-state index in [1.165, 1.54) is 4.90 Å². The highest BCUT2D eigenvalue weighted by Crippen LogP contribution is 2.44. The average molecular weight is 453 g/mol. The number of carboxylic acids is 1. The lowest BCUT2D eigenvalue weighted by Gasteiger charge is -2.24. The monoisotopic (exact) mass is 452 g/mol. The first-order chi connectivity index (χ1) is 15.6. The van der Waals surface area contributed by atoms with Gasteiger partial charge in [0.2, 0.25) is 0 Å². The van der Waals surface area contributed by atoms with Gasteiger partial charge in [-0.05, 0) is 43.0 Å². The van der Waals surface area contributed by atoms with Crippen molar-refractivity contribution in [3.05, 3.63) is 59.7 Å². The van der Waals surface area contributed by atoms with E-state index in [9.17, 15) is 19.5 Å². The van der Waals surface area contributed by atoms with Crippen LogP contribution in [0, 0.1) is 5.92 Å². The number of carbonyl (C=O) groups is 3. The third-order valence-electron chi connectivity index (χ3n) is 5.94. The SMILES string of the molecule is CC(C)(C)OC(=O)N1C[C@H](C(=O)O)[C@H](NC(=O)OCC2c3ccccc3-c3ccccc32)C1. The molecule has 33 heavy (non-hydrogen) atoms. The molecule has 1 aliphatic heterocycles. The van der Waals surface area contributed by atoms with Crippen LogP contribution in [0.4, 0.5) is 9.59 Å². The second-order valence-corrected chi connectivity index (χ2v) is 9.41. The number of alkyl carbamates (subject to hydrolysis) is 1. The second kappa shape index (κ2) is 8.77. The van der Waals surface area contributed by atoms with Crippen LogP contribution in [-0.2, 0) is 14.3 Å². The highest BCUT2D eigenvalue weighted by atomic mass is 16.6. The zero-order chi connectivity index (χ0) is 23.8. The molecule has 2 aromatic rings. The Morgan fingerprint density at radius 1 is 1.00 bits per heavy atom. The molecule has 0 spiro atoms. The summed E-state index contributed by atoms with van der Waals surface area (Å²) in [5, 5.41) is 12.2. The highest BCUT2D eigenvalue weighted by Gasteiger charge is 2.42. The number of fused-ring (bicyclic) bond motifs is 3. The van der Waals surface area contributed by atoms with Crippen LogP contribution in [0.3, 0.4) is 0 Å². The van der Waals surface area contributed by atoms with Crippen molar-refractivity contribution >= 4 is 18.2 Å². The lowest BCUT2D eigenvalue weighted by molar-refractivity contribution is -0.141. The maximum atomic E-state index is 12.6. The van der Waals surface area contributed by atoms with Crippen LogP contribution >= 0.6 is 0 Å². The summed E-state index contributed by atoms with van der Waals surface area (Å²) < 4.78 is 10.9. The molecule has 0 aromatic heterocycles. The largest absolute Gasteiger partial charge is 0.481 e. The van der Waals surface area contributed by atoms with Gasteiger partial charge in [-0.1, -0.05) is 48.5 Å². The Labute approximate surface area is 192 Å². The molecule has 1 heterocycles. The Morgan fingerprint density at radius 2 is 1.58 bits per heavy atom. The van der Waals surface area contributed by atoms with E-state index in [0.29, 0.717) is 0 Å². The van der Waals surface area contributed by atoms with Crippen molar-refractivity contribution in [2.75, 3.05) is 19.7 Å². The van der Waals surface area contributed by atoms with Gasteiger partial charge in [0.15, 0.2) is 0 Å². The molecule has 1 saturated heterocycles. The maximum Gasteiger partial charge on any atom is 0.410 e. The number of likely N-dealkylation sites (tertiary alicyclic amines) is 1. The van der Waals surface area contributed by atoms with Crippen LogP contribution in [0.1, 0.15) is 37.8 Å². The van der Waals surface area contributed by atoms with Crippen LogP contribution < -0.4 is 5.32 Å². The quantitative estimate of drug-likeness (QED) is 0.730. The molecule has 2 atom stereocenters. The molecular formula is C25H28N2O6. The number of carboxylic acid groups (broad SMARTS) is 1. The van der Waals surface area contributed by atoms with Crippen LogP contribution in [0.2, 0.25) is 0 Å². The molecule has 2 aromatic carbocycles. The lowest BCUT2D eigenvalue weighted by Crippen LogP contribution is -2.44. The predicted octanol–water partition coefficient (Wildman–Crippen LogP) is 3.85. The fourth-order valence-electron chi connectivity index (χ4n) is 4.47. The Kier molecular flexibility index (Phi) is 6.01. The molecule has 1 aliphatic carbocycles. The summed E-state index contributed by atoms with van der Waals surface area (Å²) in [4.78, 5) is 38.0. The van der Waals surface area contributed by atoms with Gasteiger partial charge >= 0.3 is 18.2 Å². The minimum atomic E-state index is -1.09. The van der Waals surface area contributed by atoms with Crippen LogP contribution in [0.5, 0.6) is 0 Å². The molecule has 4 rings (SSSR count). The van der Waals surface area contributed by atoms with Crippen molar-refractivity contribution in [1.29, 1.82) is 0 Å². The smallest absolute Gasteiger partial charge is 0.410 e. The first-order valence-corrected chi connectivity index (χ1v) is 11.0.